The van der Waals surface area contributed by atoms with Gasteiger partial charge in [0.05, 0.1) is 6.54 Å². The summed E-state index contributed by atoms with van der Waals surface area (Å²) in [6, 6.07) is 12.1. The molecule has 0 bridgehead atoms. The second-order valence-electron chi connectivity index (χ2n) is 6.16. The number of nitrogens with zero attached hydrogens (tertiary/aromatic N) is 2. The molecular weight excluding hydrogens is 341 g/mol. The maximum atomic E-state index is 13.0. The van der Waals surface area contributed by atoms with Crippen molar-refractivity contribution >= 4 is 28.9 Å². The number of carbonyl (C=O) groups excluding carboxylic acids is 1. The number of anilines is 2. The quantitative estimate of drug-likeness (QED) is 0.904. The number of amides is 1. The predicted octanol–water partition coefficient (Wildman–Crippen LogP) is 3.55. The molecule has 0 aromatic heterocycles. The van der Waals surface area contributed by atoms with Crippen molar-refractivity contribution in [2.45, 2.75) is 6.92 Å². The van der Waals surface area contributed by atoms with Gasteiger partial charge in [0.15, 0.2) is 0 Å². The van der Waals surface area contributed by atoms with Crippen molar-refractivity contribution in [3.05, 3.63) is 58.9 Å². The molecule has 1 heterocycles. The SMILES string of the molecule is Cc1ccc(NCC(=O)N2CCN(c3ccc(F)cc3)CC2)cc1Cl. The topological polar surface area (TPSA) is 35.6 Å². The van der Waals surface area contributed by atoms with Crippen LogP contribution >= 0.6 is 11.6 Å². The van der Waals surface area contributed by atoms with Gasteiger partial charge in [-0.15, -0.1) is 0 Å². The first kappa shape index (κ1) is 17.5. The van der Waals surface area contributed by atoms with Crippen LogP contribution in [0.4, 0.5) is 15.8 Å². The zero-order chi connectivity index (χ0) is 17.8. The highest BCUT2D eigenvalue weighted by molar-refractivity contribution is 6.31. The Hall–Kier alpha value is -2.27. The fraction of sp³-hybridized carbons (Fsp3) is 0.316. The summed E-state index contributed by atoms with van der Waals surface area (Å²) in [4.78, 5) is 16.4. The first-order valence-corrected chi connectivity index (χ1v) is 8.69. The molecule has 0 aliphatic carbocycles. The van der Waals surface area contributed by atoms with E-state index in [-0.39, 0.29) is 18.3 Å². The summed E-state index contributed by atoms with van der Waals surface area (Å²) in [7, 11) is 0. The lowest BCUT2D eigenvalue weighted by molar-refractivity contribution is -0.129. The number of piperazine rings is 1. The van der Waals surface area contributed by atoms with Gasteiger partial charge >= 0.3 is 0 Å². The maximum Gasteiger partial charge on any atom is 0.241 e. The minimum Gasteiger partial charge on any atom is -0.376 e. The summed E-state index contributed by atoms with van der Waals surface area (Å²) in [5, 5.41) is 3.81. The predicted molar refractivity (Wildman–Crippen MR) is 99.9 cm³/mol. The Balaban J connectivity index is 1.49. The number of aryl methyl sites for hydroxylation is 1. The molecule has 1 fully saturated rings. The van der Waals surface area contributed by atoms with Crippen LogP contribution in [-0.4, -0.2) is 43.5 Å². The van der Waals surface area contributed by atoms with E-state index in [2.05, 4.69) is 10.2 Å². The number of carbonyl (C=O) groups is 1. The van der Waals surface area contributed by atoms with E-state index in [1.165, 1.54) is 12.1 Å². The molecule has 0 atom stereocenters. The summed E-state index contributed by atoms with van der Waals surface area (Å²) >= 11 is 6.10. The van der Waals surface area contributed by atoms with E-state index in [0.29, 0.717) is 18.1 Å². The molecule has 0 saturated carbocycles. The maximum absolute atomic E-state index is 13.0. The lowest BCUT2D eigenvalue weighted by atomic mass is 10.2. The van der Waals surface area contributed by atoms with Crippen molar-refractivity contribution in [3.63, 3.8) is 0 Å². The number of hydrogen-bond donors (Lipinski definition) is 1. The van der Waals surface area contributed by atoms with E-state index in [4.69, 9.17) is 11.6 Å². The molecule has 0 unspecified atom stereocenters. The largest absolute Gasteiger partial charge is 0.376 e. The fourth-order valence-electron chi connectivity index (χ4n) is 2.86. The molecule has 25 heavy (non-hydrogen) atoms. The van der Waals surface area contributed by atoms with Crippen LogP contribution in [0.25, 0.3) is 0 Å². The first-order valence-electron chi connectivity index (χ1n) is 8.31. The monoisotopic (exact) mass is 361 g/mol. The molecule has 2 aromatic carbocycles. The molecule has 1 amide bonds. The van der Waals surface area contributed by atoms with Gasteiger partial charge in [0.2, 0.25) is 5.91 Å². The van der Waals surface area contributed by atoms with Crippen molar-refractivity contribution in [2.75, 3.05) is 42.9 Å². The van der Waals surface area contributed by atoms with Crippen LogP contribution < -0.4 is 10.2 Å². The van der Waals surface area contributed by atoms with E-state index in [9.17, 15) is 9.18 Å². The van der Waals surface area contributed by atoms with Gasteiger partial charge in [0.1, 0.15) is 5.82 Å². The van der Waals surface area contributed by atoms with Crippen molar-refractivity contribution in [1.29, 1.82) is 0 Å². The molecule has 132 valence electrons. The zero-order valence-corrected chi connectivity index (χ0v) is 14.9. The van der Waals surface area contributed by atoms with E-state index >= 15 is 0 Å². The third-order valence-corrected chi connectivity index (χ3v) is 4.85. The Kier molecular flexibility index (Phi) is 5.43. The molecule has 4 nitrogen and oxygen atoms in total. The van der Waals surface area contributed by atoms with Crippen molar-refractivity contribution in [1.82, 2.24) is 4.90 Å². The molecule has 0 spiro atoms. The Bertz CT molecular complexity index is 743. The van der Waals surface area contributed by atoms with Crippen LogP contribution in [0.2, 0.25) is 5.02 Å². The van der Waals surface area contributed by atoms with E-state index in [1.807, 2.05) is 30.0 Å². The minimum atomic E-state index is -0.236. The molecule has 1 aliphatic heterocycles. The van der Waals surface area contributed by atoms with Crippen LogP contribution in [-0.2, 0) is 4.79 Å². The van der Waals surface area contributed by atoms with E-state index in [0.717, 1.165) is 30.0 Å². The Labute approximate surface area is 152 Å². The third-order valence-electron chi connectivity index (χ3n) is 4.44. The van der Waals surface area contributed by atoms with Gasteiger partial charge in [-0.3, -0.25) is 4.79 Å². The molecule has 1 aliphatic rings. The average molecular weight is 362 g/mol. The Morgan fingerprint density at radius 1 is 1.12 bits per heavy atom. The Morgan fingerprint density at radius 3 is 2.44 bits per heavy atom. The first-order chi connectivity index (χ1) is 12.0. The summed E-state index contributed by atoms with van der Waals surface area (Å²) in [6.07, 6.45) is 0. The molecule has 1 saturated heterocycles. The standard InChI is InChI=1S/C19H21ClFN3O/c1-14-2-5-16(12-18(14)20)22-13-19(25)24-10-8-23(9-11-24)17-6-3-15(21)4-7-17/h2-7,12,22H,8-11,13H2,1H3. The lowest BCUT2D eigenvalue weighted by Gasteiger charge is -2.36. The van der Waals surface area contributed by atoms with Crippen molar-refractivity contribution in [3.8, 4) is 0 Å². The summed E-state index contributed by atoms with van der Waals surface area (Å²) in [6.45, 7) is 4.99. The number of hydrogen-bond acceptors (Lipinski definition) is 3. The highest BCUT2D eigenvalue weighted by Crippen LogP contribution is 2.20. The minimum absolute atomic E-state index is 0.0652. The van der Waals surface area contributed by atoms with Gasteiger partial charge in [0.25, 0.3) is 0 Å². The summed E-state index contributed by atoms with van der Waals surface area (Å²) in [5.74, 6) is -0.171. The third kappa shape index (κ3) is 4.42. The molecule has 0 radical (unpaired) electrons. The average Bonchev–Trinajstić information content (AvgIpc) is 2.63. The van der Waals surface area contributed by atoms with Crippen molar-refractivity contribution < 1.29 is 9.18 Å². The lowest BCUT2D eigenvalue weighted by Crippen LogP contribution is -2.50. The molecule has 1 N–H and O–H groups in total. The van der Waals surface area contributed by atoms with Gasteiger partial charge in [0, 0.05) is 42.6 Å². The number of halogens is 2. The van der Waals surface area contributed by atoms with E-state index < -0.39 is 0 Å². The van der Waals surface area contributed by atoms with Crippen LogP contribution in [0.15, 0.2) is 42.5 Å². The van der Waals surface area contributed by atoms with Crippen LogP contribution in [0, 0.1) is 12.7 Å². The van der Waals surface area contributed by atoms with Crippen LogP contribution in [0.3, 0.4) is 0 Å². The fourth-order valence-corrected chi connectivity index (χ4v) is 3.04. The normalized spacial score (nSPS) is 14.5. The van der Waals surface area contributed by atoms with E-state index in [1.54, 1.807) is 12.1 Å². The zero-order valence-electron chi connectivity index (χ0n) is 14.1. The van der Waals surface area contributed by atoms with Gasteiger partial charge in [-0.05, 0) is 48.9 Å². The Morgan fingerprint density at radius 2 is 1.80 bits per heavy atom. The second-order valence-corrected chi connectivity index (χ2v) is 6.57. The smallest absolute Gasteiger partial charge is 0.241 e. The van der Waals surface area contributed by atoms with Crippen molar-refractivity contribution in [2.24, 2.45) is 0 Å². The summed E-state index contributed by atoms with van der Waals surface area (Å²) < 4.78 is 13.0. The highest BCUT2D eigenvalue weighted by Gasteiger charge is 2.21. The van der Waals surface area contributed by atoms with Crippen LogP contribution in [0.1, 0.15) is 5.56 Å². The van der Waals surface area contributed by atoms with Gasteiger partial charge in [-0.25, -0.2) is 4.39 Å². The molecule has 6 heteroatoms. The molecule has 2 aromatic rings. The van der Waals surface area contributed by atoms with Gasteiger partial charge < -0.3 is 15.1 Å². The summed E-state index contributed by atoms with van der Waals surface area (Å²) in [5.41, 5.74) is 2.84. The van der Waals surface area contributed by atoms with Gasteiger partial charge in [-0.1, -0.05) is 17.7 Å². The number of rotatable bonds is 4. The molecular formula is C19H21ClFN3O. The number of nitrogens with one attached hydrogen (secondary N) is 1. The van der Waals surface area contributed by atoms with Gasteiger partial charge in [-0.2, -0.15) is 0 Å². The highest BCUT2D eigenvalue weighted by atomic mass is 35.5. The number of benzene rings is 2. The second kappa shape index (κ2) is 7.74. The van der Waals surface area contributed by atoms with Crippen LogP contribution in [0.5, 0.6) is 0 Å². The molecule has 3 rings (SSSR count).